The average Bonchev–Trinajstić information content (AvgIpc) is 2.96. The van der Waals surface area contributed by atoms with Gasteiger partial charge in [0.25, 0.3) is 0 Å². The second-order valence-corrected chi connectivity index (χ2v) is 8.38. The molecule has 24 heavy (non-hydrogen) atoms. The number of piperidine rings is 1. The van der Waals surface area contributed by atoms with Crippen molar-refractivity contribution in [1.29, 1.82) is 0 Å². The van der Waals surface area contributed by atoms with Gasteiger partial charge in [0.1, 0.15) is 11.6 Å². The SMILES string of the molecule is O=C(O)C1CCCN(C(c2ccc(Br)s2)c2ccc(F)cc2F)C1. The van der Waals surface area contributed by atoms with Crippen molar-refractivity contribution < 1.29 is 18.7 Å². The van der Waals surface area contributed by atoms with Gasteiger partial charge in [-0.2, -0.15) is 0 Å². The quantitative estimate of drug-likeness (QED) is 0.788. The second kappa shape index (κ2) is 7.29. The molecule has 0 bridgehead atoms. The van der Waals surface area contributed by atoms with Crippen molar-refractivity contribution >= 4 is 33.2 Å². The van der Waals surface area contributed by atoms with Crippen LogP contribution in [0, 0.1) is 17.6 Å². The Labute approximate surface area is 151 Å². The summed E-state index contributed by atoms with van der Waals surface area (Å²) in [7, 11) is 0. The maximum Gasteiger partial charge on any atom is 0.307 e. The van der Waals surface area contributed by atoms with Crippen LogP contribution < -0.4 is 0 Å². The van der Waals surface area contributed by atoms with Crippen molar-refractivity contribution in [3.8, 4) is 0 Å². The minimum atomic E-state index is -0.828. The fourth-order valence-electron chi connectivity index (χ4n) is 3.17. The van der Waals surface area contributed by atoms with Gasteiger partial charge in [-0.25, -0.2) is 8.78 Å². The van der Waals surface area contributed by atoms with E-state index in [2.05, 4.69) is 15.9 Å². The summed E-state index contributed by atoms with van der Waals surface area (Å²) >= 11 is 4.89. The van der Waals surface area contributed by atoms with Crippen LogP contribution in [0.3, 0.4) is 0 Å². The molecule has 7 heteroatoms. The zero-order valence-electron chi connectivity index (χ0n) is 12.7. The van der Waals surface area contributed by atoms with E-state index in [0.29, 0.717) is 25.1 Å². The second-order valence-electron chi connectivity index (χ2n) is 5.88. The zero-order valence-corrected chi connectivity index (χ0v) is 15.1. The molecule has 1 N–H and O–H groups in total. The van der Waals surface area contributed by atoms with Crippen LogP contribution in [0.1, 0.15) is 29.3 Å². The topological polar surface area (TPSA) is 40.5 Å². The van der Waals surface area contributed by atoms with Crippen LogP contribution in [0.25, 0.3) is 0 Å². The van der Waals surface area contributed by atoms with Crippen LogP contribution in [-0.4, -0.2) is 29.1 Å². The van der Waals surface area contributed by atoms with Crippen molar-refractivity contribution in [3.05, 3.63) is 56.2 Å². The summed E-state index contributed by atoms with van der Waals surface area (Å²) in [4.78, 5) is 14.2. The van der Waals surface area contributed by atoms with Gasteiger partial charge in [0.05, 0.1) is 15.7 Å². The van der Waals surface area contributed by atoms with E-state index in [1.165, 1.54) is 23.5 Å². The Hall–Kier alpha value is -1.31. The van der Waals surface area contributed by atoms with Gasteiger partial charge < -0.3 is 5.11 Å². The van der Waals surface area contributed by atoms with Gasteiger partial charge in [-0.15, -0.1) is 11.3 Å². The minimum absolute atomic E-state index is 0.354. The van der Waals surface area contributed by atoms with Gasteiger partial charge in [-0.3, -0.25) is 9.69 Å². The highest BCUT2D eigenvalue weighted by atomic mass is 79.9. The van der Waals surface area contributed by atoms with E-state index in [0.717, 1.165) is 21.2 Å². The number of benzene rings is 1. The molecule has 3 rings (SSSR count). The van der Waals surface area contributed by atoms with Crippen LogP contribution >= 0.6 is 27.3 Å². The standard InChI is InChI=1S/C17H16BrF2NO2S/c18-15-6-5-14(24-15)16(12-4-3-11(19)8-13(12)20)21-7-1-2-10(9-21)17(22)23/h3-6,8,10,16H,1-2,7,9H2,(H,22,23). The lowest BCUT2D eigenvalue weighted by Crippen LogP contribution is -2.41. The van der Waals surface area contributed by atoms with Gasteiger partial charge in [-0.1, -0.05) is 6.07 Å². The summed E-state index contributed by atoms with van der Waals surface area (Å²) in [5.41, 5.74) is 0.372. The third kappa shape index (κ3) is 3.68. The molecule has 1 aliphatic rings. The van der Waals surface area contributed by atoms with Gasteiger partial charge in [0, 0.05) is 23.1 Å². The summed E-state index contributed by atoms with van der Waals surface area (Å²) in [6, 6.07) is 6.94. The van der Waals surface area contributed by atoms with Crippen LogP contribution in [0.2, 0.25) is 0 Å². The van der Waals surface area contributed by atoms with Gasteiger partial charge in [0.2, 0.25) is 0 Å². The van der Waals surface area contributed by atoms with Crippen LogP contribution in [-0.2, 0) is 4.79 Å². The highest BCUT2D eigenvalue weighted by molar-refractivity contribution is 9.11. The lowest BCUT2D eigenvalue weighted by atomic mass is 9.94. The minimum Gasteiger partial charge on any atom is -0.481 e. The monoisotopic (exact) mass is 415 g/mol. The molecule has 2 unspecified atom stereocenters. The molecular formula is C17H16BrF2NO2S. The van der Waals surface area contributed by atoms with Crippen molar-refractivity contribution in [3.63, 3.8) is 0 Å². The first-order chi connectivity index (χ1) is 11.5. The zero-order chi connectivity index (χ0) is 17.3. The molecule has 0 spiro atoms. The Morgan fingerprint density at radius 1 is 1.33 bits per heavy atom. The number of carboxylic acids is 1. The highest BCUT2D eigenvalue weighted by Crippen LogP contribution is 2.38. The third-order valence-corrected chi connectivity index (χ3v) is 5.96. The Kier molecular flexibility index (Phi) is 5.32. The fraction of sp³-hybridized carbons (Fsp3) is 0.353. The van der Waals surface area contributed by atoms with E-state index in [1.807, 2.05) is 17.0 Å². The number of rotatable bonds is 4. The van der Waals surface area contributed by atoms with E-state index >= 15 is 0 Å². The molecule has 1 saturated heterocycles. The lowest BCUT2D eigenvalue weighted by molar-refractivity contribution is -0.143. The van der Waals surface area contributed by atoms with Crippen molar-refractivity contribution in [2.75, 3.05) is 13.1 Å². The molecule has 1 fully saturated rings. The summed E-state index contributed by atoms with van der Waals surface area (Å²) in [6.45, 7) is 1.03. The number of hydrogen-bond donors (Lipinski definition) is 1. The predicted molar refractivity (Wildman–Crippen MR) is 92.2 cm³/mol. The highest BCUT2D eigenvalue weighted by Gasteiger charge is 2.33. The molecule has 1 aromatic heterocycles. The summed E-state index contributed by atoms with van der Waals surface area (Å²) in [6.07, 6.45) is 1.36. The number of likely N-dealkylation sites (tertiary alicyclic amines) is 1. The molecule has 128 valence electrons. The number of carbonyl (C=O) groups is 1. The normalized spacial score (nSPS) is 20.0. The number of carboxylic acid groups (broad SMARTS) is 1. The summed E-state index contributed by atoms with van der Waals surface area (Å²) in [5, 5.41) is 9.32. The van der Waals surface area contributed by atoms with Crippen LogP contribution in [0.15, 0.2) is 34.1 Å². The van der Waals surface area contributed by atoms with Gasteiger partial charge >= 0.3 is 5.97 Å². The Bertz CT molecular complexity index is 752. The summed E-state index contributed by atoms with van der Waals surface area (Å²) < 4.78 is 28.6. The molecule has 1 aromatic carbocycles. The maximum atomic E-state index is 14.4. The predicted octanol–water partition coefficient (Wildman–Crippen LogP) is 4.67. The third-order valence-electron chi connectivity index (χ3n) is 4.29. The fourth-order valence-corrected chi connectivity index (χ4v) is 4.75. The average molecular weight is 416 g/mol. The number of thiophene rings is 1. The number of aliphatic carboxylic acids is 1. The van der Waals surface area contributed by atoms with Gasteiger partial charge in [-0.05, 0) is 53.5 Å². The van der Waals surface area contributed by atoms with Crippen LogP contribution in [0.5, 0.6) is 0 Å². The lowest BCUT2D eigenvalue weighted by Gasteiger charge is -2.37. The smallest absolute Gasteiger partial charge is 0.307 e. The molecule has 0 aliphatic carbocycles. The molecule has 2 atom stereocenters. The van der Waals surface area contributed by atoms with E-state index in [1.54, 1.807) is 0 Å². The van der Waals surface area contributed by atoms with Crippen LogP contribution in [0.4, 0.5) is 8.78 Å². The molecule has 0 amide bonds. The maximum absolute atomic E-state index is 14.4. The van der Waals surface area contributed by atoms with E-state index < -0.39 is 29.6 Å². The van der Waals surface area contributed by atoms with Crippen molar-refractivity contribution in [2.24, 2.45) is 5.92 Å². The first kappa shape index (κ1) is 17.5. The molecule has 3 nitrogen and oxygen atoms in total. The van der Waals surface area contributed by atoms with Crippen molar-refractivity contribution in [1.82, 2.24) is 4.90 Å². The van der Waals surface area contributed by atoms with Gasteiger partial charge in [0.15, 0.2) is 0 Å². The molecule has 0 saturated carbocycles. The largest absolute Gasteiger partial charge is 0.481 e. The van der Waals surface area contributed by atoms with E-state index in [9.17, 15) is 18.7 Å². The molecular weight excluding hydrogens is 400 g/mol. The first-order valence-electron chi connectivity index (χ1n) is 7.62. The number of hydrogen-bond acceptors (Lipinski definition) is 3. The first-order valence-corrected chi connectivity index (χ1v) is 9.23. The van der Waals surface area contributed by atoms with E-state index in [4.69, 9.17) is 0 Å². The van der Waals surface area contributed by atoms with E-state index in [-0.39, 0.29) is 0 Å². The molecule has 2 heterocycles. The number of halogens is 3. The summed E-state index contributed by atoms with van der Waals surface area (Å²) in [5.74, 6) is -2.52. The Morgan fingerprint density at radius 2 is 2.12 bits per heavy atom. The van der Waals surface area contributed by atoms with Crippen molar-refractivity contribution in [2.45, 2.75) is 18.9 Å². The molecule has 0 radical (unpaired) electrons. The Balaban J connectivity index is 2.00. The number of nitrogens with zero attached hydrogens (tertiary/aromatic N) is 1. The molecule has 2 aromatic rings. The molecule has 1 aliphatic heterocycles. The Morgan fingerprint density at radius 3 is 2.75 bits per heavy atom.